The molecule has 0 radical (unpaired) electrons. The minimum Gasteiger partial charge on any atom is -0.443 e. The van der Waals surface area contributed by atoms with Gasteiger partial charge in [0.15, 0.2) is 0 Å². The Morgan fingerprint density at radius 1 is 1.17 bits per heavy atom. The number of carbonyl (C=O) groups excluding carboxylic acids is 2. The van der Waals surface area contributed by atoms with Crippen LogP contribution in [0.5, 0.6) is 0 Å². The van der Waals surface area contributed by atoms with Gasteiger partial charge in [-0.05, 0) is 65.7 Å². The Morgan fingerprint density at radius 3 is 2.37 bits per heavy atom. The van der Waals surface area contributed by atoms with Crippen LogP contribution in [0.25, 0.3) is 0 Å². The Kier molecular flexibility index (Phi) is 6.46. The summed E-state index contributed by atoms with van der Waals surface area (Å²) >= 11 is 0. The number of hydrogen-bond donors (Lipinski definition) is 0. The van der Waals surface area contributed by atoms with Gasteiger partial charge in [-0.3, -0.25) is 4.79 Å². The van der Waals surface area contributed by atoms with Crippen molar-refractivity contribution in [1.82, 2.24) is 9.80 Å². The maximum Gasteiger partial charge on any atom is 0.410 e. The molecule has 0 N–H and O–H groups in total. The van der Waals surface area contributed by atoms with Crippen molar-refractivity contribution in [3.63, 3.8) is 0 Å². The van der Waals surface area contributed by atoms with E-state index in [1.165, 1.54) is 5.57 Å². The molecule has 2 amide bonds. The highest BCUT2D eigenvalue weighted by Gasteiger charge is 2.72. The Labute approximate surface area is 209 Å². The van der Waals surface area contributed by atoms with E-state index in [0.717, 1.165) is 32.4 Å². The lowest BCUT2D eigenvalue weighted by Crippen LogP contribution is -2.56. The summed E-state index contributed by atoms with van der Waals surface area (Å²) in [6, 6.07) is 0. The summed E-state index contributed by atoms with van der Waals surface area (Å²) in [6.45, 7) is 13.8. The van der Waals surface area contributed by atoms with Gasteiger partial charge < -0.3 is 28.7 Å². The summed E-state index contributed by atoms with van der Waals surface area (Å²) in [4.78, 5) is 29.5. The van der Waals surface area contributed by atoms with Crippen LogP contribution in [0.1, 0.15) is 53.9 Å². The standard InChI is InChI=1S/C27H42N2O6/c1-7-28(8-2)24(30)21-17-13-29(14-18(17)21)25(31)34-19-11-12-27(15-33-27)23(22(19)32-6)26(5)20(35-26)10-9-16(3)4/h9,17-23H,7-8,10-15H2,1-6H3/t17-,18+,19-,20-,21+,22-,23-,26+,27+/m1/s1. The number of rotatable bonds is 8. The van der Waals surface area contributed by atoms with Crippen LogP contribution >= 0.6 is 0 Å². The van der Waals surface area contributed by atoms with E-state index < -0.39 is 0 Å². The monoisotopic (exact) mass is 490 g/mol. The number of ether oxygens (including phenoxy) is 4. The van der Waals surface area contributed by atoms with Crippen LogP contribution in [0, 0.1) is 23.7 Å². The molecule has 35 heavy (non-hydrogen) atoms. The van der Waals surface area contributed by atoms with Gasteiger partial charge in [0.2, 0.25) is 5.91 Å². The third-order valence-corrected chi connectivity index (χ3v) is 9.30. The zero-order chi connectivity index (χ0) is 25.1. The maximum atomic E-state index is 13.1. The predicted molar refractivity (Wildman–Crippen MR) is 130 cm³/mol. The van der Waals surface area contributed by atoms with Crippen LogP contribution in [0.15, 0.2) is 11.6 Å². The van der Waals surface area contributed by atoms with E-state index in [0.29, 0.717) is 19.7 Å². The van der Waals surface area contributed by atoms with Crippen molar-refractivity contribution in [2.75, 3.05) is 39.9 Å². The number of fused-ring (bicyclic) bond motifs is 1. The second-order valence-corrected chi connectivity index (χ2v) is 11.6. The summed E-state index contributed by atoms with van der Waals surface area (Å²) in [5, 5.41) is 0. The van der Waals surface area contributed by atoms with Crippen molar-refractivity contribution in [3.05, 3.63) is 11.6 Å². The quantitative estimate of drug-likeness (QED) is 0.384. The molecule has 0 bridgehead atoms. The molecule has 5 rings (SSSR count). The molecule has 3 saturated heterocycles. The molecular weight excluding hydrogens is 448 g/mol. The molecule has 196 valence electrons. The lowest BCUT2D eigenvalue weighted by Gasteiger charge is -2.43. The first-order chi connectivity index (χ1) is 16.7. The van der Waals surface area contributed by atoms with Crippen LogP contribution in [-0.2, 0) is 23.7 Å². The first kappa shape index (κ1) is 25.0. The van der Waals surface area contributed by atoms with Crippen molar-refractivity contribution < 1.29 is 28.5 Å². The first-order valence-electron chi connectivity index (χ1n) is 13.4. The second kappa shape index (κ2) is 9.03. The molecule has 8 nitrogen and oxygen atoms in total. The van der Waals surface area contributed by atoms with Crippen LogP contribution in [0.3, 0.4) is 0 Å². The molecular formula is C27H42N2O6. The Balaban J connectivity index is 1.20. The highest BCUT2D eigenvalue weighted by atomic mass is 16.6. The van der Waals surface area contributed by atoms with Gasteiger partial charge in [0.25, 0.3) is 0 Å². The van der Waals surface area contributed by atoms with Crippen molar-refractivity contribution in [3.8, 4) is 0 Å². The molecule has 3 heterocycles. The van der Waals surface area contributed by atoms with Crippen molar-refractivity contribution in [1.29, 1.82) is 0 Å². The normalized spacial score (nSPS) is 42.9. The van der Waals surface area contributed by atoms with Crippen LogP contribution in [0.2, 0.25) is 0 Å². The predicted octanol–water partition coefficient (Wildman–Crippen LogP) is 3.25. The summed E-state index contributed by atoms with van der Waals surface area (Å²) in [6.07, 6.45) is 3.89. The highest BCUT2D eigenvalue weighted by Crippen LogP contribution is 2.60. The molecule has 1 spiro atoms. The summed E-state index contributed by atoms with van der Waals surface area (Å²) in [7, 11) is 1.70. The number of piperidine rings is 1. The fraction of sp³-hybridized carbons (Fsp3) is 0.852. The molecule has 2 aliphatic carbocycles. The van der Waals surface area contributed by atoms with Crippen LogP contribution < -0.4 is 0 Å². The number of allylic oxidation sites excluding steroid dienone is 1. The molecule has 9 atom stereocenters. The molecule has 0 aromatic carbocycles. The number of hydrogen-bond acceptors (Lipinski definition) is 6. The highest BCUT2D eigenvalue weighted by molar-refractivity contribution is 5.83. The largest absolute Gasteiger partial charge is 0.443 e. The van der Waals surface area contributed by atoms with E-state index in [9.17, 15) is 9.59 Å². The van der Waals surface area contributed by atoms with Gasteiger partial charge in [-0.25, -0.2) is 4.79 Å². The second-order valence-electron chi connectivity index (χ2n) is 11.6. The SMILES string of the molecule is CCN(CC)C(=O)[C@H]1[C@@H]2CN(C(=O)O[C@@H]3CC[C@]4(CO4)[C@@H]([C@@]4(C)O[C@@H]4CC=C(C)C)[C@@H]3OC)C[C@@H]21. The van der Waals surface area contributed by atoms with Gasteiger partial charge in [-0.15, -0.1) is 0 Å². The van der Waals surface area contributed by atoms with Gasteiger partial charge in [-0.2, -0.15) is 0 Å². The average Bonchev–Trinajstić information content (AvgIpc) is 3.79. The third-order valence-electron chi connectivity index (χ3n) is 9.30. The number of epoxide rings is 2. The molecule has 8 heteroatoms. The van der Waals surface area contributed by atoms with Crippen molar-refractivity contribution in [2.45, 2.75) is 83.4 Å². The molecule has 0 aromatic heterocycles. The average molecular weight is 491 g/mol. The zero-order valence-corrected chi connectivity index (χ0v) is 22.1. The van der Waals surface area contributed by atoms with Gasteiger partial charge in [0.05, 0.1) is 18.6 Å². The van der Waals surface area contributed by atoms with Gasteiger partial charge >= 0.3 is 6.09 Å². The molecule has 2 saturated carbocycles. The van der Waals surface area contributed by atoms with E-state index in [1.807, 2.05) is 18.7 Å². The van der Waals surface area contributed by atoms with Crippen molar-refractivity contribution in [2.24, 2.45) is 23.7 Å². The number of carbonyl (C=O) groups is 2. The Bertz CT molecular complexity index is 867. The first-order valence-corrected chi connectivity index (χ1v) is 13.4. The fourth-order valence-electron chi connectivity index (χ4n) is 7.06. The zero-order valence-electron chi connectivity index (χ0n) is 22.1. The van der Waals surface area contributed by atoms with Gasteiger partial charge in [0.1, 0.15) is 23.4 Å². The maximum absolute atomic E-state index is 13.1. The third kappa shape index (κ3) is 4.29. The smallest absolute Gasteiger partial charge is 0.410 e. The molecule has 0 aromatic rings. The van der Waals surface area contributed by atoms with E-state index in [2.05, 4.69) is 26.8 Å². The molecule has 5 aliphatic rings. The molecule has 0 unspecified atom stereocenters. The van der Waals surface area contributed by atoms with Gasteiger partial charge in [0, 0.05) is 39.2 Å². The van der Waals surface area contributed by atoms with E-state index in [1.54, 1.807) is 12.0 Å². The van der Waals surface area contributed by atoms with Crippen molar-refractivity contribution >= 4 is 12.0 Å². The van der Waals surface area contributed by atoms with Crippen LogP contribution in [0.4, 0.5) is 4.79 Å². The summed E-state index contributed by atoms with van der Waals surface area (Å²) < 4.78 is 24.3. The summed E-state index contributed by atoms with van der Waals surface area (Å²) in [5.41, 5.74) is 0.705. The minimum atomic E-state index is -0.346. The number of amides is 2. The lowest BCUT2D eigenvalue weighted by atomic mass is 9.68. The summed E-state index contributed by atoms with van der Waals surface area (Å²) in [5.74, 6) is 0.866. The van der Waals surface area contributed by atoms with E-state index in [-0.39, 0.29) is 65.2 Å². The minimum absolute atomic E-state index is 0.0187. The van der Waals surface area contributed by atoms with Gasteiger partial charge in [-0.1, -0.05) is 11.6 Å². The number of likely N-dealkylation sites (tertiary alicyclic amines) is 1. The topological polar surface area (TPSA) is 84.1 Å². The molecule has 5 fully saturated rings. The number of nitrogens with zero attached hydrogens (tertiary/aromatic N) is 2. The molecule has 3 aliphatic heterocycles. The van der Waals surface area contributed by atoms with E-state index in [4.69, 9.17) is 18.9 Å². The number of methoxy groups -OCH3 is 1. The van der Waals surface area contributed by atoms with Crippen LogP contribution in [-0.4, -0.2) is 91.2 Å². The fourth-order valence-corrected chi connectivity index (χ4v) is 7.06. The lowest BCUT2D eigenvalue weighted by molar-refractivity contribution is -0.133. The Morgan fingerprint density at radius 2 is 1.83 bits per heavy atom. The van der Waals surface area contributed by atoms with E-state index >= 15 is 0 Å². The Hall–Kier alpha value is -1.64.